The van der Waals surface area contributed by atoms with E-state index in [0.29, 0.717) is 11.3 Å². The van der Waals surface area contributed by atoms with E-state index < -0.39 is 32.8 Å². The van der Waals surface area contributed by atoms with Crippen LogP contribution in [0, 0.1) is 24.0 Å². The highest BCUT2D eigenvalue weighted by Crippen LogP contribution is 2.18. The maximum absolute atomic E-state index is 12.9. The molecule has 0 aliphatic heterocycles. The number of nitro benzene ring substituents is 1. The monoisotopic (exact) mass is 480 g/mol. The van der Waals surface area contributed by atoms with E-state index >= 15 is 0 Å². The van der Waals surface area contributed by atoms with Crippen molar-refractivity contribution in [1.29, 1.82) is 0 Å². The molecule has 0 spiro atoms. The van der Waals surface area contributed by atoms with Gasteiger partial charge in [0.15, 0.2) is 0 Å². The first-order valence-corrected chi connectivity index (χ1v) is 12.4. The lowest BCUT2D eigenvalue weighted by molar-refractivity contribution is -0.384. The molecule has 10 nitrogen and oxygen atoms in total. The normalized spacial score (nSPS) is 12.1. The average molecular weight is 481 g/mol. The van der Waals surface area contributed by atoms with Crippen molar-refractivity contribution in [3.63, 3.8) is 0 Å². The van der Waals surface area contributed by atoms with Crippen molar-refractivity contribution < 1.29 is 22.9 Å². The summed E-state index contributed by atoms with van der Waals surface area (Å²) >= 11 is 1.43. The van der Waals surface area contributed by atoms with Crippen molar-refractivity contribution >= 4 is 39.3 Å². The number of benzene rings is 2. The predicted octanol–water partition coefficient (Wildman–Crippen LogP) is 2.07. The van der Waals surface area contributed by atoms with Crippen molar-refractivity contribution in [2.24, 2.45) is 0 Å². The number of aryl methyl sites for hydroxylation is 2. The fourth-order valence-corrected chi connectivity index (χ4v) is 4.80. The zero-order chi connectivity index (χ0) is 23.9. The lowest BCUT2D eigenvalue weighted by Gasteiger charge is -2.19. The van der Waals surface area contributed by atoms with Gasteiger partial charge in [-0.25, -0.2) is 8.42 Å². The molecule has 0 radical (unpaired) electrons. The summed E-state index contributed by atoms with van der Waals surface area (Å²) in [6.45, 7) is 3.42. The van der Waals surface area contributed by atoms with Crippen LogP contribution in [0.2, 0.25) is 0 Å². The van der Waals surface area contributed by atoms with Crippen molar-refractivity contribution in [3.8, 4) is 0 Å². The number of carbonyl (C=O) groups excluding carboxylic acids is 2. The number of hydrogen-bond acceptors (Lipinski definition) is 7. The zero-order valence-electron chi connectivity index (χ0n) is 17.7. The number of nitrogens with one attached hydrogen (secondary N) is 3. The second kappa shape index (κ2) is 11.1. The Morgan fingerprint density at radius 1 is 1.12 bits per heavy atom. The fourth-order valence-electron chi connectivity index (χ4n) is 2.77. The van der Waals surface area contributed by atoms with E-state index in [4.69, 9.17) is 0 Å². The van der Waals surface area contributed by atoms with Gasteiger partial charge in [-0.1, -0.05) is 18.2 Å². The molecule has 0 saturated carbocycles. The van der Waals surface area contributed by atoms with E-state index in [2.05, 4.69) is 15.6 Å². The second-order valence-electron chi connectivity index (χ2n) is 6.98. The van der Waals surface area contributed by atoms with Crippen molar-refractivity contribution in [2.45, 2.75) is 31.2 Å². The van der Waals surface area contributed by atoms with Crippen LogP contribution < -0.4 is 15.6 Å². The Kier molecular flexibility index (Phi) is 8.75. The van der Waals surface area contributed by atoms with Gasteiger partial charge in [0.1, 0.15) is 6.04 Å². The van der Waals surface area contributed by atoms with Gasteiger partial charge < -0.3 is 0 Å². The summed E-state index contributed by atoms with van der Waals surface area (Å²) in [4.78, 5) is 35.2. The van der Waals surface area contributed by atoms with Crippen LogP contribution in [0.5, 0.6) is 0 Å². The summed E-state index contributed by atoms with van der Waals surface area (Å²) in [7, 11) is -4.00. The highest BCUT2D eigenvalue weighted by molar-refractivity contribution is 7.98. The van der Waals surface area contributed by atoms with Gasteiger partial charge >= 0.3 is 0 Å². The maximum atomic E-state index is 12.9. The van der Waals surface area contributed by atoms with E-state index in [1.807, 2.05) is 6.26 Å². The summed E-state index contributed by atoms with van der Waals surface area (Å²) in [6, 6.07) is 8.84. The lowest BCUT2D eigenvalue weighted by atomic mass is 10.2. The first-order chi connectivity index (χ1) is 15.0. The smallest absolute Gasteiger partial charge is 0.270 e. The highest BCUT2D eigenvalue weighted by atomic mass is 32.2. The van der Waals surface area contributed by atoms with Crippen LogP contribution in [-0.2, 0) is 14.8 Å². The first-order valence-electron chi connectivity index (χ1n) is 9.48. The molecule has 172 valence electrons. The number of rotatable bonds is 9. The van der Waals surface area contributed by atoms with Gasteiger partial charge in [-0.3, -0.25) is 30.6 Å². The molecule has 0 fully saturated rings. The summed E-state index contributed by atoms with van der Waals surface area (Å²) in [5.74, 6) is -1.04. The third-order valence-electron chi connectivity index (χ3n) is 4.48. The molecular formula is C20H24N4O6S2. The van der Waals surface area contributed by atoms with Crippen LogP contribution in [0.1, 0.15) is 27.9 Å². The molecular weight excluding hydrogens is 456 g/mol. The minimum absolute atomic E-state index is 0.0314. The van der Waals surface area contributed by atoms with Crippen LogP contribution >= 0.6 is 11.8 Å². The van der Waals surface area contributed by atoms with E-state index in [0.717, 1.165) is 11.6 Å². The Morgan fingerprint density at radius 3 is 2.50 bits per heavy atom. The summed E-state index contributed by atoms with van der Waals surface area (Å²) < 4.78 is 28.2. The molecule has 2 aromatic carbocycles. The van der Waals surface area contributed by atoms with Crippen molar-refractivity contribution in [1.82, 2.24) is 15.6 Å². The molecule has 0 saturated heterocycles. The minimum atomic E-state index is -4.00. The lowest BCUT2D eigenvalue weighted by Crippen LogP contribution is -2.52. The van der Waals surface area contributed by atoms with Crippen LogP contribution in [0.25, 0.3) is 0 Å². The van der Waals surface area contributed by atoms with Gasteiger partial charge in [-0.15, -0.1) is 0 Å². The molecule has 2 amide bonds. The Morgan fingerprint density at radius 2 is 1.84 bits per heavy atom. The van der Waals surface area contributed by atoms with E-state index in [-0.39, 0.29) is 22.6 Å². The van der Waals surface area contributed by atoms with Crippen LogP contribution in [0.3, 0.4) is 0 Å². The van der Waals surface area contributed by atoms with Crippen molar-refractivity contribution in [2.75, 3.05) is 12.0 Å². The number of thioether (sulfide) groups is 1. The average Bonchev–Trinajstić information content (AvgIpc) is 2.76. The molecule has 2 aromatic rings. The number of hydrogen-bond donors (Lipinski definition) is 3. The van der Waals surface area contributed by atoms with E-state index in [9.17, 15) is 28.1 Å². The molecule has 0 heterocycles. The molecule has 0 aliphatic rings. The number of hydrazine groups is 1. The summed E-state index contributed by atoms with van der Waals surface area (Å²) in [5.41, 5.74) is 5.34. The van der Waals surface area contributed by atoms with Gasteiger partial charge in [0.05, 0.1) is 9.82 Å². The van der Waals surface area contributed by atoms with E-state index in [1.54, 1.807) is 26.0 Å². The Bertz CT molecular complexity index is 1120. The molecule has 1 atom stereocenters. The maximum Gasteiger partial charge on any atom is 0.270 e. The number of nitrogens with zero attached hydrogens (tertiary/aromatic N) is 1. The van der Waals surface area contributed by atoms with Gasteiger partial charge in [0.2, 0.25) is 10.0 Å². The Balaban J connectivity index is 2.14. The third kappa shape index (κ3) is 6.77. The molecule has 12 heteroatoms. The van der Waals surface area contributed by atoms with E-state index in [1.165, 1.54) is 36.0 Å². The van der Waals surface area contributed by atoms with Crippen LogP contribution in [0.4, 0.5) is 5.69 Å². The topological polar surface area (TPSA) is 148 Å². The summed E-state index contributed by atoms with van der Waals surface area (Å²) in [6.07, 6.45) is 2.00. The second-order valence-corrected chi connectivity index (χ2v) is 9.64. The van der Waals surface area contributed by atoms with Crippen molar-refractivity contribution in [3.05, 3.63) is 69.3 Å². The standard InChI is InChI=1S/C20H24N4O6S2/c1-13-7-8-14(2)18(11-13)32(29,30)23-17(9-10-31-3)20(26)22-21-19(25)15-5-4-6-16(12-15)24(27)28/h4-8,11-12,17,23H,9-10H2,1-3H3,(H,21,25)(H,22,26). The number of amides is 2. The molecule has 0 aromatic heterocycles. The molecule has 2 rings (SSSR count). The number of sulfonamides is 1. The van der Waals surface area contributed by atoms with Gasteiger partial charge in [0.25, 0.3) is 17.5 Å². The quantitative estimate of drug-likeness (QED) is 0.368. The minimum Gasteiger partial charge on any atom is -0.271 e. The molecule has 0 bridgehead atoms. The SMILES string of the molecule is CSCCC(NS(=O)(=O)c1cc(C)ccc1C)C(=O)NNC(=O)c1cccc([N+](=O)[O-])c1. The largest absolute Gasteiger partial charge is 0.271 e. The predicted molar refractivity (Wildman–Crippen MR) is 122 cm³/mol. The Labute approximate surface area is 190 Å². The molecule has 3 N–H and O–H groups in total. The molecule has 1 unspecified atom stereocenters. The fraction of sp³-hybridized carbons (Fsp3) is 0.300. The number of carbonyl (C=O) groups is 2. The highest BCUT2D eigenvalue weighted by Gasteiger charge is 2.27. The third-order valence-corrected chi connectivity index (χ3v) is 6.73. The first kappa shape index (κ1) is 25.3. The molecule has 32 heavy (non-hydrogen) atoms. The molecule has 0 aliphatic carbocycles. The summed E-state index contributed by atoms with van der Waals surface area (Å²) in [5, 5.41) is 10.9. The van der Waals surface area contributed by atoms with Gasteiger partial charge in [0, 0.05) is 17.7 Å². The van der Waals surface area contributed by atoms with Gasteiger partial charge in [-0.2, -0.15) is 16.5 Å². The zero-order valence-corrected chi connectivity index (χ0v) is 19.4. The van der Waals surface area contributed by atoms with Gasteiger partial charge in [-0.05, 0) is 55.5 Å². The Hall–Kier alpha value is -2.96. The number of nitro groups is 1. The van der Waals surface area contributed by atoms with Crippen LogP contribution in [0.15, 0.2) is 47.4 Å². The number of non-ortho nitro benzene ring substituents is 1. The van der Waals surface area contributed by atoms with Crippen LogP contribution in [-0.4, -0.2) is 43.2 Å².